The summed E-state index contributed by atoms with van der Waals surface area (Å²) in [6.07, 6.45) is 1.42. The van der Waals surface area contributed by atoms with E-state index in [4.69, 9.17) is 0 Å². The van der Waals surface area contributed by atoms with Crippen LogP contribution in [0.1, 0.15) is 15.2 Å². The van der Waals surface area contributed by atoms with E-state index in [1.165, 1.54) is 34.4 Å². The molecule has 6 heteroatoms. The zero-order chi connectivity index (χ0) is 21.5. The van der Waals surface area contributed by atoms with Gasteiger partial charge in [-0.3, -0.25) is 14.2 Å². The number of rotatable bonds is 4. The topological polar surface area (TPSA) is 52.0 Å². The van der Waals surface area contributed by atoms with Crippen molar-refractivity contribution in [2.24, 2.45) is 0 Å². The van der Waals surface area contributed by atoms with E-state index in [0.29, 0.717) is 15.8 Å². The second-order valence-electron chi connectivity index (χ2n) is 7.38. The van der Waals surface area contributed by atoms with Gasteiger partial charge in [0, 0.05) is 16.0 Å². The highest BCUT2D eigenvalue weighted by atomic mass is 32.1. The van der Waals surface area contributed by atoms with Crippen LogP contribution < -0.4 is 5.56 Å². The fraction of sp³-hybridized carbons (Fsp3) is 0.0800. The number of thiophene rings is 1. The van der Waals surface area contributed by atoms with Crippen molar-refractivity contribution in [3.63, 3.8) is 0 Å². The number of nitrogens with zero attached hydrogens (tertiary/aromatic N) is 2. The van der Waals surface area contributed by atoms with Crippen LogP contribution in [0.2, 0.25) is 0 Å². The van der Waals surface area contributed by atoms with Gasteiger partial charge in [-0.1, -0.05) is 48.5 Å². The van der Waals surface area contributed by atoms with Crippen molar-refractivity contribution in [3.05, 3.63) is 99.7 Å². The highest BCUT2D eigenvalue weighted by Crippen LogP contribution is 2.35. The van der Waals surface area contributed by atoms with E-state index < -0.39 is 0 Å². The first-order valence-corrected chi connectivity index (χ1v) is 10.6. The number of carbonyl (C=O) groups is 1. The Hall–Kier alpha value is -3.64. The molecule has 0 bridgehead atoms. The molecule has 31 heavy (non-hydrogen) atoms. The van der Waals surface area contributed by atoms with Crippen LogP contribution in [-0.2, 0) is 6.54 Å². The van der Waals surface area contributed by atoms with Gasteiger partial charge in [0.05, 0.1) is 18.3 Å². The molecule has 0 amide bonds. The van der Waals surface area contributed by atoms with E-state index in [0.717, 1.165) is 26.8 Å². The quantitative estimate of drug-likeness (QED) is 0.350. The van der Waals surface area contributed by atoms with Crippen molar-refractivity contribution in [2.45, 2.75) is 13.5 Å². The van der Waals surface area contributed by atoms with Crippen LogP contribution in [-0.4, -0.2) is 15.3 Å². The smallest absolute Gasteiger partial charge is 0.263 e. The molecule has 3 aromatic carbocycles. The summed E-state index contributed by atoms with van der Waals surface area (Å²) in [4.78, 5) is 32.1. The summed E-state index contributed by atoms with van der Waals surface area (Å²) >= 11 is 1.41. The van der Waals surface area contributed by atoms with Gasteiger partial charge in [-0.2, -0.15) is 0 Å². The lowest BCUT2D eigenvalue weighted by Crippen LogP contribution is -2.24. The second kappa shape index (κ2) is 7.56. The van der Waals surface area contributed by atoms with Crippen LogP contribution in [0.25, 0.3) is 32.1 Å². The number of carbonyl (C=O) groups excluding carboxylic acids is 1. The molecule has 4 nitrogen and oxygen atoms in total. The molecule has 0 aliphatic carbocycles. The molecule has 5 aromatic rings. The third-order valence-electron chi connectivity index (χ3n) is 5.37. The number of aromatic nitrogens is 2. The number of benzene rings is 3. The number of fused-ring (bicyclic) bond motifs is 2. The molecule has 0 spiro atoms. The maximum atomic E-state index is 13.4. The highest BCUT2D eigenvalue weighted by molar-refractivity contribution is 7.19. The lowest BCUT2D eigenvalue weighted by atomic mass is 10.0. The maximum absolute atomic E-state index is 13.4. The minimum absolute atomic E-state index is 0.0993. The molecular weight excluding hydrogens is 411 g/mol. The van der Waals surface area contributed by atoms with Gasteiger partial charge >= 0.3 is 0 Å². The van der Waals surface area contributed by atoms with E-state index in [-0.39, 0.29) is 23.7 Å². The lowest BCUT2D eigenvalue weighted by molar-refractivity contribution is 0.0971. The summed E-state index contributed by atoms with van der Waals surface area (Å²) in [6.45, 7) is 1.81. The third kappa shape index (κ3) is 3.45. The van der Waals surface area contributed by atoms with Crippen molar-refractivity contribution < 1.29 is 9.18 Å². The Kier molecular flexibility index (Phi) is 4.71. The minimum Gasteiger partial charge on any atom is -0.292 e. The molecular formula is C25H17FN2O2S. The Labute approximate surface area is 181 Å². The number of halogens is 1. The van der Waals surface area contributed by atoms with Gasteiger partial charge < -0.3 is 0 Å². The van der Waals surface area contributed by atoms with Crippen LogP contribution in [0.15, 0.2) is 77.9 Å². The minimum atomic E-state index is -0.336. The van der Waals surface area contributed by atoms with Crippen LogP contribution in [0.4, 0.5) is 4.39 Å². The Morgan fingerprint density at radius 3 is 2.55 bits per heavy atom. The first-order chi connectivity index (χ1) is 15.0. The standard InChI is InChI=1S/C25H17FN2O2S/c1-15-22(17-8-10-20(26)11-9-17)23-24(31-15)27-14-28(25(23)30)13-21(29)19-7-6-16-4-2-3-5-18(16)12-19/h2-12,14H,13H2,1H3. The lowest BCUT2D eigenvalue weighted by Gasteiger charge is -2.07. The summed E-state index contributed by atoms with van der Waals surface area (Å²) in [7, 11) is 0. The van der Waals surface area contributed by atoms with E-state index in [2.05, 4.69) is 4.98 Å². The summed E-state index contributed by atoms with van der Waals surface area (Å²) in [5, 5.41) is 2.49. The zero-order valence-corrected chi connectivity index (χ0v) is 17.4. The normalized spacial score (nSPS) is 11.3. The Balaban J connectivity index is 1.56. The van der Waals surface area contributed by atoms with Gasteiger partial charge in [0.2, 0.25) is 0 Å². The molecule has 2 heterocycles. The Bertz CT molecular complexity index is 1520. The van der Waals surface area contributed by atoms with Gasteiger partial charge in [-0.05, 0) is 41.5 Å². The molecule has 0 unspecified atom stereocenters. The molecule has 0 aliphatic heterocycles. The first kappa shape index (κ1) is 19.3. The average molecular weight is 428 g/mol. The van der Waals surface area contributed by atoms with Crippen molar-refractivity contribution in [1.29, 1.82) is 0 Å². The Morgan fingerprint density at radius 1 is 1.03 bits per heavy atom. The molecule has 152 valence electrons. The number of hydrogen-bond acceptors (Lipinski definition) is 4. The van der Waals surface area contributed by atoms with Crippen molar-refractivity contribution in [3.8, 4) is 11.1 Å². The molecule has 0 atom stereocenters. The van der Waals surface area contributed by atoms with E-state index in [9.17, 15) is 14.0 Å². The van der Waals surface area contributed by atoms with Gasteiger partial charge in [0.15, 0.2) is 5.78 Å². The Morgan fingerprint density at radius 2 is 1.77 bits per heavy atom. The summed E-state index contributed by atoms with van der Waals surface area (Å²) < 4.78 is 14.7. The maximum Gasteiger partial charge on any atom is 0.263 e. The van der Waals surface area contributed by atoms with Crippen molar-refractivity contribution in [1.82, 2.24) is 9.55 Å². The van der Waals surface area contributed by atoms with E-state index >= 15 is 0 Å². The SMILES string of the molecule is Cc1sc2ncn(CC(=O)c3ccc4ccccc4c3)c(=O)c2c1-c1ccc(F)cc1. The summed E-state index contributed by atoms with van der Waals surface area (Å²) in [6, 6.07) is 19.4. The van der Waals surface area contributed by atoms with E-state index in [1.54, 1.807) is 18.2 Å². The van der Waals surface area contributed by atoms with Gasteiger partial charge in [0.1, 0.15) is 10.6 Å². The predicted molar refractivity (Wildman–Crippen MR) is 122 cm³/mol. The van der Waals surface area contributed by atoms with Gasteiger partial charge in [-0.15, -0.1) is 11.3 Å². The molecule has 0 fully saturated rings. The van der Waals surface area contributed by atoms with Crippen LogP contribution in [0.5, 0.6) is 0 Å². The van der Waals surface area contributed by atoms with E-state index in [1.807, 2.05) is 43.3 Å². The van der Waals surface area contributed by atoms with Crippen LogP contribution >= 0.6 is 11.3 Å². The molecule has 2 aromatic heterocycles. The molecule has 0 aliphatic rings. The molecule has 0 saturated carbocycles. The van der Waals surface area contributed by atoms with Gasteiger partial charge in [-0.25, -0.2) is 9.37 Å². The fourth-order valence-corrected chi connectivity index (χ4v) is 4.83. The average Bonchev–Trinajstić information content (AvgIpc) is 3.12. The number of aryl methyl sites for hydroxylation is 1. The van der Waals surface area contributed by atoms with Crippen LogP contribution in [0, 0.1) is 12.7 Å². The largest absolute Gasteiger partial charge is 0.292 e. The monoisotopic (exact) mass is 428 g/mol. The summed E-state index contributed by atoms with van der Waals surface area (Å²) in [5.74, 6) is -0.498. The molecule has 0 saturated heterocycles. The fourth-order valence-electron chi connectivity index (χ4n) is 3.82. The van der Waals surface area contributed by atoms with Crippen LogP contribution in [0.3, 0.4) is 0 Å². The summed E-state index contributed by atoms with van der Waals surface area (Å²) in [5.41, 5.74) is 1.77. The zero-order valence-electron chi connectivity index (χ0n) is 16.6. The molecule has 5 rings (SSSR count). The van der Waals surface area contributed by atoms with Crippen molar-refractivity contribution >= 4 is 38.1 Å². The number of hydrogen-bond donors (Lipinski definition) is 0. The van der Waals surface area contributed by atoms with Gasteiger partial charge in [0.25, 0.3) is 5.56 Å². The first-order valence-electron chi connectivity index (χ1n) is 9.78. The molecule has 0 N–H and O–H groups in total. The highest BCUT2D eigenvalue weighted by Gasteiger charge is 2.18. The number of ketones is 1. The predicted octanol–water partition coefficient (Wildman–Crippen LogP) is 5.61. The number of Topliss-reactive ketones (excluding diaryl/α,β-unsaturated/α-hetero) is 1. The van der Waals surface area contributed by atoms with Crippen molar-refractivity contribution in [2.75, 3.05) is 0 Å². The third-order valence-corrected chi connectivity index (χ3v) is 6.39. The molecule has 0 radical (unpaired) electrons. The second-order valence-corrected chi connectivity index (χ2v) is 8.59.